The van der Waals surface area contributed by atoms with Crippen LogP contribution < -0.4 is 5.73 Å². The number of nitrogen functional groups attached to an aromatic ring is 1. The molecule has 3 fully saturated rings. The van der Waals surface area contributed by atoms with Crippen molar-refractivity contribution in [1.82, 2.24) is 19.7 Å². The highest BCUT2D eigenvalue weighted by molar-refractivity contribution is 5.64. The number of nitriles is 1. The highest BCUT2D eigenvalue weighted by atomic mass is 16.5. The summed E-state index contributed by atoms with van der Waals surface area (Å²) in [6, 6.07) is 7.75. The third-order valence-corrected chi connectivity index (χ3v) is 6.48. The van der Waals surface area contributed by atoms with Crippen molar-refractivity contribution in [1.29, 1.82) is 5.26 Å². The minimum absolute atomic E-state index is 0.264. The summed E-state index contributed by atoms with van der Waals surface area (Å²) in [6.45, 7) is 7.29. The van der Waals surface area contributed by atoms with E-state index in [2.05, 4.69) is 40.5 Å². The summed E-state index contributed by atoms with van der Waals surface area (Å²) < 4.78 is 7.53. The molecule has 0 bridgehead atoms. The fourth-order valence-electron chi connectivity index (χ4n) is 4.83. The van der Waals surface area contributed by atoms with Gasteiger partial charge in [0.05, 0.1) is 30.5 Å². The molecule has 7 nitrogen and oxygen atoms in total. The Hall–Kier alpha value is -2.43. The first-order valence-corrected chi connectivity index (χ1v) is 10.1. The van der Waals surface area contributed by atoms with Gasteiger partial charge >= 0.3 is 0 Å². The molecular weight excluding hydrogens is 352 g/mol. The van der Waals surface area contributed by atoms with Gasteiger partial charge in [0.15, 0.2) is 0 Å². The first-order chi connectivity index (χ1) is 13.5. The van der Waals surface area contributed by atoms with Gasteiger partial charge in [-0.15, -0.1) is 0 Å². The van der Waals surface area contributed by atoms with Crippen molar-refractivity contribution in [3.8, 4) is 17.3 Å². The van der Waals surface area contributed by atoms with E-state index in [1.165, 1.54) is 18.7 Å². The van der Waals surface area contributed by atoms with E-state index < -0.39 is 0 Å². The highest BCUT2D eigenvalue weighted by Crippen LogP contribution is 2.51. The maximum atomic E-state index is 9.25. The van der Waals surface area contributed by atoms with Gasteiger partial charge in [0, 0.05) is 36.1 Å². The quantitative estimate of drug-likeness (QED) is 0.858. The maximum absolute atomic E-state index is 9.25. The smallest absolute Gasteiger partial charge is 0.141 e. The monoisotopic (exact) mass is 378 g/mol. The number of hydrogen-bond donors (Lipinski definition) is 1. The average molecular weight is 378 g/mol. The van der Waals surface area contributed by atoms with Crippen molar-refractivity contribution in [2.75, 3.05) is 25.5 Å². The number of pyridine rings is 1. The van der Waals surface area contributed by atoms with Gasteiger partial charge in [-0.25, -0.2) is 4.98 Å². The number of anilines is 1. The maximum Gasteiger partial charge on any atom is 0.141 e. The normalized spacial score (nSPS) is 26.9. The number of rotatable bonds is 5. The average Bonchev–Trinajstić information content (AvgIpc) is 3.20. The van der Waals surface area contributed by atoms with E-state index in [1.54, 1.807) is 12.3 Å². The lowest BCUT2D eigenvalue weighted by atomic mass is 9.98. The first kappa shape index (κ1) is 17.7. The third-order valence-electron chi connectivity index (χ3n) is 6.48. The van der Waals surface area contributed by atoms with Crippen LogP contribution in [0.15, 0.2) is 18.3 Å². The second-order valence-electron chi connectivity index (χ2n) is 8.65. The molecule has 2 aromatic heterocycles. The van der Waals surface area contributed by atoms with Crippen LogP contribution in [0.4, 0.5) is 5.82 Å². The van der Waals surface area contributed by atoms with Crippen LogP contribution >= 0.6 is 0 Å². The Balaban J connectivity index is 1.40. The Kier molecular flexibility index (Phi) is 4.14. The minimum atomic E-state index is 0.264. The standard InChI is InChI=1S/C21H26N6O/c1-12(2)27-16(4-15-9-26(17-10-28-11-17)20-6-18(15)20)5-19(25-27)14-3-13(7-22)21(23)24-8-14/h3,5,8,12,15,17-18,20H,4,6,9-11H2,1-2H3,(H2,23,24)/t15-,18-,20?/m1/s1. The lowest BCUT2D eigenvalue weighted by molar-refractivity contribution is -0.0644. The highest BCUT2D eigenvalue weighted by Gasteiger charge is 2.55. The van der Waals surface area contributed by atoms with E-state index in [1.807, 2.05) is 0 Å². The largest absolute Gasteiger partial charge is 0.383 e. The molecule has 3 aliphatic rings. The molecule has 2 aliphatic heterocycles. The molecule has 1 unspecified atom stereocenters. The van der Waals surface area contributed by atoms with Gasteiger partial charge in [0.25, 0.3) is 0 Å². The molecule has 2 N–H and O–H groups in total. The van der Waals surface area contributed by atoms with Crippen LogP contribution in [0.25, 0.3) is 11.3 Å². The molecular formula is C21H26N6O. The van der Waals surface area contributed by atoms with Crippen LogP contribution in [0.1, 0.15) is 37.6 Å². The van der Waals surface area contributed by atoms with Crippen molar-refractivity contribution in [2.45, 2.75) is 44.8 Å². The van der Waals surface area contributed by atoms with Crippen LogP contribution in [-0.2, 0) is 11.2 Å². The molecule has 4 heterocycles. The minimum Gasteiger partial charge on any atom is -0.383 e. The van der Waals surface area contributed by atoms with E-state index in [0.29, 0.717) is 17.5 Å². The molecule has 2 aromatic rings. The first-order valence-electron chi connectivity index (χ1n) is 10.1. The van der Waals surface area contributed by atoms with Gasteiger partial charge in [-0.05, 0) is 50.7 Å². The van der Waals surface area contributed by atoms with Crippen LogP contribution in [0.5, 0.6) is 0 Å². The van der Waals surface area contributed by atoms with Gasteiger partial charge < -0.3 is 10.5 Å². The summed E-state index contributed by atoms with van der Waals surface area (Å²) in [5.74, 6) is 1.77. The lowest BCUT2D eigenvalue weighted by Crippen LogP contribution is -2.49. The van der Waals surface area contributed by atoms with E-state index >= 15 is 0 Å². The Bertz CT molecular complexity index is 941. The van der Waals surface area contributed by atoms with Crippen molar-refractivity contribution in [3.05, 3.63) is 29.6 Å². The summed E-state index contributed by atoms with van der Waals surface area (Å²) in [7, 11) is 0. The van der Waals surface area contributed by atoms with Crippen LogP contribution in [0.3, 0.4) is 0 Å². The van der Waals surface area contributed by atoms with Gasteiger partial charge in [0.1, 0.15) is 11.9 Å². The third kappa shape index (κ3) is 2.88. The molecule has 5 rings (SSSR count). The fraction of sp³-hybridized carbons (Fsp3) is 0.571. The van der Waals surface area contributed by atoms with E-state index in [9.17, 15) is 5.26 Å². The SMILES string of the molecule is CC(C)n1nc(-c2cnc(N)c(C#N)c2)cc1C[C@@H]1CN(C2COC2)C2C[C@@H]21. The molecule has 1 saturated carbocycles. The fourth-order valence-corrected chi connectivity index (χ4v) is 4.83. The predicted molar refractivity (Wildman–Crippen MR) is 105 cm³/mol. The van der Waals surface area contributed by atoms with Gasteiger partial charge in [0.2, 0.25) is 0 Å². The van der Waals surface area contributed by atoms with Crippen molar-refractivity contribution < 1.29 is 4.74 Å². The Labute approximate surface area is 165 Å². The molecule has 7 heteroatoms. The second-order valence-corrected chi connectivity index (χ2v) is 8.65. The van der Waals surface area contributed by atoms with Crippen LogP contribution in [-0.4, -0.2) is 51.5 Å². The Morgan fingerprint density at radius 3 is 2.86 bits per heavy atom. The number of likely N-dealkylation sites (tertiary alicyclic amines) is 1. The Morgan fingerprint density at radius 2 is 2.18 bits per heavy atom. The summed E-state index contributed by atoms with van der Waals surface area (Å²) in [5.41, 5.74) is 9.14. The molecule has 1 aliphatic carbocycles. The number of piperidine rings is 1. The molecule has 0 spiro atoms. The van der Waals surface area contributed by atoms with E-state index in [4.69, 9.17) is 15.6 Å². The zero-order valence-electron chi connectivity index (χ0n) is 16.4. The molecule has 2 saturated heterocycles. The number of aromatic nitrogens is 3. The number of nitrogens with zero attached hydrogens (tertiary/aromatic N) is 5. The van der Waals surface area contributed by atoms with Crippen molar-refractivity contribution in [3.63, 3.8) is 0 Å². The summed E-state index contributed by atoms with van der Waals surface area (Å²) >= 11 is 0. The topological polar surface area (TPSA) is 93.0 Å². The molecule has 28 heavy (non-hydrogen) atoms. The van der Waals surface area contributed by atoms with Crippen molar-refractivity contribution >= 4 is 5.82 Å². The number of ether oxygens (including phenoxy) is 1. The molecule has 3 atom stereocenters. The van der Waals surface area contributed by atoms with Gasteiger partial charge in [-0.1, -0.05) is 0 Å². The number of fused-ring (bicyclic) bond motifs is 1. The summed E-state index contributed by atoms with van der Waals surface area (Å²) in [4.78, 5) is 6.84. The molecule has 0 radical (unpaired) electrons. The van der Waals surface area contributed by atoms with E-state index in [-0.39, 0.29) is 11.9 Å². The summed E-state index contributed by atoms with van der Waals surface area (Å²) in [5, 5.41) is 14.1. The van der Waals surface area contributed by atoms with Gasteiger partial charge in [-0.3, -0.25) is 9.58 Å². The number of hydrogen-bond acceptors (Lipinski definition) is 6. The van der Waals surface area contributed by atoms with Crippen LogP contribution in [0.2, 0.25) is 0 Å². The zero-order valence-corrected chi connectivity index (χ0v) is 16.4. The van der Waals surface area contributed by atoms with Gasteiger partial charge in [-0.2, -0.15) is 10.4 Å². The molecule has 146 valence electrons. The zero-order chi connectivity index (χ0) is 19.4. The second kappa shape index (κ2) is 6.57. The predicted octanol–water partition coefficient (Wildman–Crippen LogP) is 2.24. The molecule has 0 amide bonds. The van der Waals surface area contributed by atoms with Crippen LogP contribution in [0, 0.1) is 23.2 Å². The van der Waals surface area contributed by atoms with E-state index in [0.717, 1.165) is 42.9 Å². The number of nitrogens with two attached hydrogens (primary N) is 1. The lowest BCUT2D eigenvalue weighted by Gasteiger charge is -2.36. The van der Waals surface area contributed by atoms with Crippen molar-refractivity contribution in [2.24, 2.45) is 11.8 Å². The Morgan fingerprint density at radius 1 is 1.36 bits per heavy atom. The summed E-state index contributed by atoms with van der Waals surface area (Å²) in [6.07, 6.45) is 4.08. The molecule has 0 aromatic carbocycles.